The van der Waals surface area contributed by atoms with Crippen molar-refractivity contribution in [3.63, 3.8) is 0 Å². The van der Waals surface area contributed by atoms with Crippen LogP contribution in [0.2, 0.25) is 0 Å². The van der Waals surface area contributed by atoms with Crippen LogP contribution in [0.25, 0.3) is 0 Å². The average molecular weight is 256 g/mol. The average Bonchev–Trinajstić information content (AvgIpc) is 2.25. The van der Waals surface area contributed by atoms with Gasteiger partial charge in [-0.15, -0.1) is 0 Å². The third-order valence-electron chi connectivity index (χ3n) is 3.64. The second-order valence-electron chi connectivity index (χ2n) is 6.55. The molecule has 0 aromatic rings. The van der Waals surface area contributed by atoms with Crippen LogP contribution in [-0.2, 0) is 0 Å². The lowest BCUT2D eigenvalue weighted by Crippen LogP contribution is -2.46. The first-order chi connectivity index (χ1) is 8.30. The molecule has 1 rings (SSSR count). The molecule has 4 nitrogen and oxygen atoms in total. The predicted molar refractivity (Wildman–Crippen MR) is 73.4 cm³/mol. The molecular formula is C14H28N2O2. The molecule has 0 saturated carbocycles. The summed E-state index contributed by atoms with van der Waals surface area (Å²) in [7, 11) is 0. The molecule has 1 atom stereocenters. The number of likely N-dealkylation sites (tertiary alicyclic amines) is 1. The molecule has 0 aliphatic carbocycles. The first-order valence-electron chi connectivity index (χ1n) is 7.01. The molecule has 0 aromatic carbocycles. The van der Waals surface area contributed by atoms with E-state index in [9.17, 15) is 9.90 Å². The predicted octanol–water partition coefficient (Wildman–Crippen LogP) is 2.22. The maximum atomic E-state index is 12.0. The molecule has 2 N–H and O–H groups in total. The summed E-state index contributed by atoms with van der Waals surface area (Å²) in [6.07, 6.45) is 2.58. The molecule has 0 aromatic heterocycles. The number of amides is 2. The van der Waals surface area contributed by atoms with Gasteiger partial charge in [-0.3, -0.25) is 0 Å². The minimum absolute atomic E-state index is 0.0422. The molecule has 2 amide bonds. The molecule has 1 aliphatic heterocycles. The van der Waals surface area contributed by atoms with E-state index in [1.54, 1.807) is 6.92 Å². The summed E-state index contributed by atoms with van der Waals surface area (Å²) in [5, 5.41) is 12.4. The summed E-state index contributed by atoms with van der Waals surface area (Å²) in [4.78, 5) is 13.9. The van der Waals surface area contributed by atoms with Crippen LogP contribution in [0.1, 0.15) is 47.0 Å². The van der Waals surface area contributed by atoms with E-state index in [1.165, 1.54) is 0 Å². The molecular weight excluding hydrogens is 228 g/mol. The lowest BCUT2D eigenvalue weighted by Gasteiger charge is -2.32. The highest BCUT2D eigenvalue weighted by Gasteiger charge is 2.24. The van der Waals surface area contributed by atoms with Crippen molar-refractivity contribution in [1.82, 2.24) is 10.2 Å². The fourth-order valence-corrected chi connectivity index (χ4v) is 2.51. The number of hydrogen-bond acceptors (Lipinski definition) is 2. The fourth-order valence-electron chi connectivity index (χ4n) is 2.51. The third kappa shape index (κ3) is 5.25. The highest BCUT2D eigenvalue weighted by atomic mass is 16.3. The van der Waals surface area contributed by atoms with Crippen molar-refractivity contribution in [3.8, 4) is 0 Å². The summed E-state index contributed by atoms with van der Waals surface area (Å²) in [5.74, 6) is 0.737. The summed E-state index contributed by atoms with van der Waals surface area (Å²) >= 11 is 0. The molecule has 1 heterocycles. The molecule has 18 heavy (non-hydrogen) atoms. The van der Waals surface area contributed by atoms with Crippen molar-refractivity contribution in [1.29, 1.82) is 0 Å². The van der Waals surface area contributed by atoms with E-state index in [0.29, 0.717) is 13.0 Å². The Bertz CT molecular complexity index is 269. The Labute approximate surface area is 111 Å². The van der Waals surface area contributed by atoms with Crippen LogP contribution >= 0.6 is 0 Å². The van der Waals surface area contributed by atoms with Crippen molar-refractivity contribution in [2.24, 2.45) is 11.3 Å². The van der Waals surface area contributed by atoms with Crippen LogP contribution in [0.5, 0.6) is 0 Å². The normalized spacial score (nSPS) is 19.7. The van der Waals surface area contributed by atoms with E-state index < -0.39 is 0 Å². The Morgan fingerprint density at radius 3 is 2.50 bits per heavy atom. The first-order valence-corrected chi connectivity index (χ1v) is 7.01. The maximum absolute atomic E-state index is 12.0. The Morgan fingerprint density at radius 1 is 1.44 bits per heavy atom. The number of carbonyl (C=O) groups is 1. The molecule has 0 spiro atoms. The second kappa shape index (κ2) is 6.41. The van der Waals surface area contributed by atoms with Crippen LogP contribution in [0.4, 0.5) is 4.79 Å². The number of carbonyl (C=O) groups excluding carboxylic acids is 1. The van der Waals surface area contributed by atoms with Crippen LogP contribution in [-0.4, -0.2) is 41.8 Å². The minimum atomic E-state index is -0.326. The van der Waals surface area contributed by atoms with Gasteiger partial charge in [0.1, 0.15) is 0 Å². The number of urea groups is 1. The molecule has 4 heteroatoms. The van der Waals surface area contributed by atoms with Crippen molar-refractivity contribution in [2.75, 3.05) is 19.6 Å². The standard InChI is InChI=1S/C14H28N2O2/c1-11-5-7-16(8-6-11)13(18)15-10-14(3,4)9-12(2)17/h11-12,17H,5-10H2,1-4H3,(H,15,18). The van der Waals surface area contributed by atoms with Gasteiger partial charge in [0.05, 0.1) is 6.10 Å². The minimum Gasteiger partial charge on any atom is -0.393 e. The van der Waals surface area contributed by atoms with E-state index in [2.05, 4.69) is 26.1 Å². The van der Waals surface area contributed by atoms with E-state index >= 15 is 0 Å². The zero-order chi connectivity index (χ0) is 13.8. The van der Waals surface area contributed by atoms with Gasteiger partial charge in [-0.05, 0) is 37.5 Å². The summed E-state index contributed by atoms with van der Waals surface area (Å²) in [5.41, 5.74) is -0.0626. The van der Waals surface area contributed by atoms with Gasteiger partial charge in [0.15, 0.2) is 0 Å². The maximum Gasteiger partial charge on any atom is 0.317 e. The van der Waals surface area contributed by atoms with Gasteiger partial charge in [0.2, 0.25) is 0 Å². The van der Waals surface area contributed by atoms with Gasteiger partial charge in [0, 0.05) is 19.6 Å². The number of piperidine rings is 1. The van der Waals surface area contributed by atoms with Gasteiger partial charge < -0.3 is 15.3 Å². The van der Waals surface area contributed by atoms with Crippen molar-refractivity contribution >= 4 is 6.03 Å². The van der Waals surface area contributed by atoms with Crippen molar-refractivity contribution < 1.29 is 9.90 Å². The Kier molecular flexibility index (Phi) is 5.45. The number of rotatable bonds is 4. The summed E-state index contributed by atoms with van der Waals surface area (Å²) in [6.45, 7) is 10.5. The van der Waals surface area contributed by atoms with Gasteiger partial charge >= 0.3 is 6.03 Å². The SMILES string of the molecule is CC(O)CC(C)(C)CNC(=O)N1CCC(C)CC1. The number of nitrogens with one attached hydrogen (secondary N) is 1. The van der Waals surface area contributed by atoms with Crippen LogP contribution in [0.15, 0.2) is 0 Å². The smallest absolute Gasteiger partial charge is 0.317 e. The van der Waals surface area contributed by atoms with Crippen molar-refractivity contribution in [3.05, 3.63) is 0 Å². The Balaban J connectivity index is 2.32. The molecule has 106 valence electrons. The number of nitrogens with zero attached hydrogens (tertiary/aromatic N) is 1. The highest BCUT2D eigenvalue weighted by Crippen LogP contribution is 2.21. The van der Waals surface area contributed by atoms with Crippen molar-refractivity contribution in [2.45, 2.75) is 53.1 Å². The number of aliphatic hydroxyl groups excluding tert-OH is 1. The topological polar surface area (TPSA) is 52.6 Å². The lowest BCUT2D eigenvalue weighted by atomic mass is 9.87. The van der Waals surface area contributed by atoms with Gasteiger partial charge in [-0.2, -0.15) is 0 Å². The molecule has 1 unspecified atom stereocenters. The highest BCUT2D eigenvalue weighted by molar-refractivity contribution is 5.74. The zero-order valence-electron chi connectivity index (χ0n) is 12.2. The summed E-state index contributed by atoms with van der Waals surface area (Å²) < 4.78 is 0. The zero-order valence-corrected chi connectivity index (χ0v) is 12.2. The first kappa shape index (κ1) is 15.3. The molecule has 1 saturated heterocycles. The van der Waals surface area contributed by atoms with Gasteiger partial charge in [0.25, 0.3) is 0 Å². The fraction of sp³-hybridized carbons (Fsp3) is 0.929. The monoisotopic (exact) mass is 256 g/mol. The Hall–Kier alpha value is -0.770. The second-order valence-corrected chi connectivity index (χ2v) is 6.55. The molecule has 0 radical (unpaired) electrons. The molecule has 0 bridgehead atoms. The summed E-state index contributed by atoms with van der Waals surface area (Å²) in [6, 6.07) is 0.0422. The number of hydrogen-bond donors (Lipinski definition) is 2. The van der Waals surface area contributed by atoms with E-state index in [0.717, 1.165) is 31.8 Å². The lowest BCUT2D eigenvalue weighted by molar-refractivity contribution is 0.124. The van der Waals surface area contributed by atoms with Crippen LogP contribution < -0.4 is 5.32 Å². The molecule has 1 fully saturated rings. The van der Waals surface area contributed by atoms with E-state index in [1.807, 2.05) is 4.90 Å². The number of aliphatic hydroxyl groups is 1. The Morgan fingerprint density at radius 2 is 2.00 bits per heavy atom. The van der Waals surface area contributed by atoms with E-state index in [-0.39, 0.29) is 17.6 Å². The van der Waals surface area contributed by atoms with Gasteiger partial charge in [-0.25, -0.2) is 4.79 Å². The van der Waals surface area contributed by atoms with E-state index in [4.69, 9.17) is 0 Å². The third-order valence-corrected chi connectivity index (χ3v) is 3.64. The molecule has 1 aliphatic rings. The van der Waals surface area contributed by atoms with Crippen LogP contribution in [0.3, 0.4) is 0 Å². The quantitative estimate of drug-likeness (QED) is 0.810. The van der Waals surface area contributed by atoms with Gasteiger partial charge in [-0.1, -0.05) is 20.8 Å². The van der Waals surface area contributed by atoms with Crippen LogP contribution in [0, 0.1) is 11.3 Å². The largest absolute Gasteiger partial charge is 0.393 e.